The van der Waals surface area contributed by atoms with Gasteiger partial charge >= 0.3 is 0 Å². The van der Waals surface area contributed by atoms with E-state index >= 15 is 0 Å². The molecule has 2 aliphatic rings. The van der Waals surface area contributed by atoms with Gasteiger partial charge in [0.2, 0.25) is 12.7 Å². The van der Waals surface area contributed by atoms with Crippen LogP contribution in [-0.4, -0.2) is 17.7 Å². The Morgan fingerprint density at radius 2 is 1.97 bits per heavy atom. The van der Waals surface area contributed by atoms with Crippen LogP contribution in [-0.2, 0) is 14.3 Å². The maximum Gasteiger partial charge on any atom is 0.236 e. The van der Waals surface area contributed by atoms with Crippen LogP contribution in [0.5, 0.6) is 0 Å². The molecule has 1 aliphatic heterocycles. The molecule has 0 unspecified atom stereocenters. The summed E-state index contributed by atoms with van der Waals surface area (Å²) < 4.78 is 10.8. The highest BCUT2D eigenvalue weighted by atomic mass is 16.7. The first-order valence-electron chi connectivity index (χ1n) is 9.68. The lowest BCUT2D eigenvalue weighted by Crippen LogP contribution is -2.26. The SMILES string of the molecule is C=C/C(=C\C1=C(C)OCO1)C1(C(=O)Nc2cc(C)c(-c3ccccc3)cn2)CC1. The lowest BCUT2D eigenvalue weighted by molar-refractivity contribution is -0.119. The molecule has 2 aromatic rings. The number of allylic oxidation sites excluding steroid dienone is 3. The van der Waals surface area contributed by atoms with Crippen molar-refractivity contribution in [2.75, 3.05) is 12.1 Å². The number of ether oxygens (including phenoxy) is 2. The fourth-order valence-corrected chi connectivity index (χ4v) is 3.58. The van der Waals surface area contributed by atoms with Crippen LogP contribution in [0.4, 0.5) is 5.82 Å². The summed E-state index contributed by atoms with van der Waals surface area (Å²) in [5.74, 6) is 1.85. The highest BCUT2D eigenvalue weighted by Gasteiger charge is 2.52. The average molecular weight is 388 g/mol. The van der Waals surface area contributed by atoms with Gasteiger partial charge in [0.05, 0.1) is 5.41 Å². The molecule has 1 aromatic heterocycles. The summed E-state index contributed by atoms with van der Waals surface area (Å²) in [4.78, 5) is 17.6. The van der Waals surface area contributed by atoms with Gasteiger partial charge in [-0.2, -0.15) is 0 Å². The number of aryl methyl sites for hydroxylation is 1. The van der Waals surface area contributed by atoms with E-state index in [1.54, 1.807) is 6.08 Å². The summed E-state index contributed by atoms with van der Waals surface area (Å²) in [5, 5.41) is 2.99. The van der Waals surface area contributed by atoms with E-state index in [2.05, 4.69) is 16.9 Å². The minimum Gasteiger partial charge on any atom is -0.458 e. The first-order valence-corrected chi connectivity index (χ1v) is 9.68. The molecule has 1 N–H and O–H groups in total. The van der Waals surface area contributed by atoms with Crippen molar-refractivity contribution in [2.45, 2.75) is 26.7 Å². The molecule has 1 fully saturated rings. The third kappa shape index (κ3) is 3.68. The number of carbonyl (C=O) groups excluding carboxylic acids is 1. The van der Waals surface area contributed by atoms with Crippen LogP contribution in [0.25, 0.3) is 11.1 Å². The minimum absolute atomic E-state index is 0.0693. The zero-order valence-electron chi connectivity index (χ0n) is 16.7. The number of hydrogen-bond donors (Lipinski definition) is 1. The Morgan fingerprint density at radius 1 is 1.21 bits per heavy atom. The predicted molar refractivity (Wildman–Crippen MR) is 113 cm³/mol. The number of amides is 1. The molecule has 1 saturated carbocycles. The Morgan fingerprint density at radius 3 is 2.55 bits per heavy atom. The number of benzene rings is 1. The van der Waals surface area contributed by atoms with E-state index in [4.69, 9.17) is 9.47 Å². The van der Waals surface area contributed by atoms with Gasteiger partial charge in [0, 0.05) is 11.8 Å². The smallest absolute Gasteiger partial charge is 0.236 e. The van der Waals surface area contributed by atoms with Crippen molar-refractivity contribution in [1.29, 1.82) is 0 Å². The van der Waals surface area contributed by atoms with Crippen molar-refractivity contribution in [3.05, 3.63) is 84.0 Å². The summed E-state index contributed by atoms with van der Waals surface area (Å²) >= 11 is 0. The molecule has 0 spiro atoms. The molecular weight excluding hydrogens is 364 g/mol. The number of hydrogen-bond acceptors (Lipinski definition) is 4. The molecule has 4 rings (SSSR count). The number of nitrogens with zero attached hydrogens (tertiary/aromatic N) is 1. The van der Waals surface area contributed by atoms with Crippen molar-refractivity contribution >= 4 is 11.7 Å². The second-order valence-electron chi connectivity index (χ2n) is 7.42. The molecule has 0 atom stereocenters. The van der Waals surface area contributed by atoms with Gasteiger partial charge in [-0.1, -0.05) is 43.0 Å². The highest BCUT2D eigenvalue weighted by molar-refractivity contribution is 5.99. The van der Waals surface area contributed by atoms with Crippen LogP contribution < -0.4 is 5.32 Å². The minimum atomic E-state index is -0.589. The molecule has 0 radical (unpaired) electrons. The van der Waals surface area contributed by atoms with E-state index in [1.165, 1.54) is 0 Å². The van der Waals surface area contributed by atoms with Crippen LogP contribution in [0.1, 0.15) is 25.3 Å². The van der Waals surface area contributed by atoms with Gasteiger partial charge < -0.3 is 14.8 Å². The fourth-order valence-electron chi connectivity index (χ4n) is 3.58. The van der Waals surface area contributed by atoms with Gasteiger partial charge in [-0.05, 0) is 55.5 Å². The van der Waals surface area contributed by atoms with Gasteiger partial charge in [-0.3, -0.25) is 4.79 Å². The summed E-state index contributed by atoms with van der Waals surface area (Å²) in [7, 11) is 0. The molecule has 1 aliphatic carbocycles. The van der Waals surface area contributed by atoms with E-state index < -0.39 is 5.41 Å². The van der Waals surface area contributed by atoms with E-state index in [1.807, 2.05) is 62.5 Å². The highest BCUT2D eigenvalue weighted by Crippen LogP contribution is 2.53. The zero-order chi connectivity index (χ0) is 20.4. The predicted octanol–water partition coefficient (Wildman–Crippen LogP) is 5.12. The van der Waals surface area contributed by atoms with Crippen LogP contribution in [0, 0.1) is 12.3 Å². The molecule has 1 amide bonds. The van der Waals surface area contributed by atoms with Crippen LogP contribution in [0.3, 0.4) is 0 Å². The van der Waals surface area contributed by atoms with Gasteiger partial charge in [0.15, 0.2) is 5.76 Å². The molecule has 5 heteroatoms. The number of aromatic nitrogens is 1. The largest absolute Gasteiger partial charge is 0.458 e. The summed E-state index contributed by atoms with van der Waals surface area (Å²) in [6.07, 6.45) is 6.93. The maximum atomic E-state index is 13.1. The zero-order valence-corrected chi connectivity index (χ0v) is 16.7. The Bertz CT molecular complexity index is 1020. The van der Waals surface area contributed by atoms with Crippen molar-refractivity contribution in [2.24, 2.45) is 5.41 Å². The van der Waals surface area contributed by atoms with Crippen molar-refractivity contribution in [3.8, 4) is 11.1 Å². The maximum absolute atomic E-state index is 13.1. The van der Waals surface area contributed by atoms with E-state index in [0.29, 0.717) is 17.3 Å². The number of anilines is 1. The summed E-state index contributed by atoms with van der Waals surface area (Å²) in [6.45, 7) is 7.98. The monoisotopic (exact) mass is 388 g/mol. The number of carbonyl (C=O) groups is 1. The molecular formula is C24H24N2O3. The van der Waals surface area contributed by atoms with E-state index in [9.17, 15) is 4.79 Å². The Kier molecular flexibility index (Phi) is 4.97. The quantitative estimate of drug-likeness (QED) is 0.698. The lowest BCUT2D eigenvalue weighted by Gasteiger charge is -2.17. The number of nitrogens with one attached hydrogen (secondary N) is 1. The Hall–Kier alpha value is -3.34. The first kappa shape index (κ1) is 19.0. The molecule has 0 bridgehead atoms. The van der Waals surface area contributed by atoms with Gasteiger partial charge in [0.25, 0.3) is 0 Å². The van der Waals surface area contributed by atoms with E-state index in [-0.39, 0.29) is 12.7 Å². The summed E-state index contributed by atoms with van der Waals surface area (Å²) in [6, 6.07) is 12.0. The van der Waals surface area contributed by atoms with Crippen molar-refractivity contribution in [1.82, 2.24) is 4.98 Å². The Balaban J connectivity index is 1.55. The second kappa shape index (κ2) is 7.59. The normalized spacial score (nSPS) is 17.4. The van der Waals surface area contributed by atoms with Gasteiger partial charge in [-0.15, -0.1) is 0 Å². The third-order valence-electron chi connectivity index (χ3n) is 5.52. The molecule has 0 saturated heterocycles. The number of pyridine rings is 1. The Labute approximate surface area is 170 Å². The van der Waals surface area contributed by atoms with Crippen LogP contribution >= 0.6 is 0 Å². The average Bonchev–Trinajstić information content (AvgIpc) is 3.44. The van der Waals surface area contributed by atoms with Gasteiger partial charge in [-0.25, -0.2) is 4.98 Å². The fraction of sp³-hybridized carbons (Fsp3) is 0.250. The summed E-state index contributed by atoms with van der Waals surface area (Å²) in [5.41, 5.74) is 3.47. The first-order chi connectivity index (χ1) is 14.0. The standard InChI is InChI=1S/C24H24N2O3/c1-4-19(13-21-17(3)28-15-29-21)24(10-11-24)23(27)26-22-12-16(2)20(14-25-22)18-8-6-5-7-9-18/h4-9,12-14H,1,10-11,15H2,2-3H3,(H,25,26,27)/b19-13+. The van der Waals surface area contributed by atoms with Crippen LogP contribution in [0.15, 0.2) is 78.4 Å². The lowest BCUT2D eigenvalue weighted by atomic mass is 9.93. The molecule has 29 heavy (non-hydrogen) atoms. The number of rotatable bonds is 6. The van der Waals surface area contributed by atoms with Crippen LogP contribution in [0.2, 0.25) is 0 Å². The molecule has 1 aromatic carbocycles. The topological polar surface area (TPSA) is 60.5 Å². The van der Waals surface area contributed by atoms with Crippen molar-refractivity contribution < 1.29 is 14.3 Å². The third-order valence-corrected chi connectivity index (χ3v) is 5.52. The van der Waals surface area contributed by atoms with Crippen molar-refractivity contribution in [3.63, 3.8) is 0 Å². The molecule has 2 heterocycles. The van der Waals surface area contributed by atoms with E-state index in [0.717, 1.165) is 35.1 Å². The van der Waals surface area contributed by atoms with Gasteiger partial charge in [0.1, 0.15) is 11.6 Å². The molecule has 148 valence electrons. The second-order valence-corrected chi connectivity index (χ2v) is 7.42. The molecule has 5 nitrogen and oxygen atoms in total.